The van der Waals surface area contributed by atoms with Crippen molar-refractivity contribution in [2.24, 2.45) is 9.98 Å². The number of carbonyl (C=O) groups excluding carboxylic acids is 1. The Kier molecular flexibility index (Phi) is 18.3. The minimum atomic E-state index is -0.981. The van der Waals surface area contributed by atoms with E-state index in [1.165, 1.54) is 22.5 Å². The van der Waals surface area contributed by atoms with Crippen LogP contribution >= 0.6 is 39.7 Å². The number of benzene rings is 2. The molecule has 0 saturated heterocycles. The molecule has 2 aromatic carbocycles. The van der Waals surface area contributed by atoms with Crippen LogP contribution in [0.4, 0.5) is 11.4 Å². The number of nitrogens with zero attached hydrogens (tertiary/aromatic N) is 6. The molecule has 0 saturated carbocycles. The van der Waals surface area contributed by atoms with E-state index < -0.39 is 5.97 Å². The predicted octanol–water partition coefficient (Wildman–Crippen LogP) is 9.12. The number of carboxylic acid groups (broad SMARTS) is 1. The smallest absolute Gasteiger partial charge is 0.355 e. The predicted molar refractivity (Wildman–Crippen MR) is 224 cm³/mol. The van der Waals surface area contributed by atoms with Gasteiger partial charge in [-0.3, -0.25) is 4.79 Å². The summed E-state index contributed by atoms with van der Waals surface area (Å²) >= 11 is 2.92. The highest BCUT2D eigenvalue weighted by Gasteiger charge is 2.15. The fourth-order valence-electron chi connectivity index (χ4n) is 4.93. The molecule has 2 aromatic heterocycles. The molecule has 4 aromatic rings. The van der Waals surface area contributed by atoms with Gasteiger partial charge in [0.15, 0.2) is 5.69 Å². The van der Waals surface area contributed by atoms with Crippen LogP contribution in [-0.2, 0) is 12.8 Å². The lowest BCUT2D eigenvalue weighted by Crippen LogP contribution is -2.34. The van der Waals surface area contributed by atoms with Crippen molar-refractivity contribution in [3.8, 4) is 0 Å². The zero-order valence-electron chi connectivity index (χ0n) is 32.1. The first-order valence-corrected chi connectivity index (χ1v) is 19.2. The molecular formula is C39H54BrN7O3S2. The molecule has 2 heterocycles. The lowest BCUT2D eigenvalue weighted by Gasteiger charge is -2.13. The topological polar surface area (TPSA) is 123 Å². The molecule has 1 amide bonds. The summed E-state index contributed by atoms with van der Waals surface area (Å²) in [5.41, 5.74) is 9.52. The van der Waals surface area contributed by atoms with Gasteiger partial charge in [-0.2, -0.15) is 0 Å². The Bertz CT molecular complexity index is 1830. The largest absolute Gasteiger partial charge is 0.476 e. The van der Waals surface area contributed by atoms with Crippen LogP contribution in [0.25, 0.3) is 0 Å². The number of rotatable bonds is 15. The highest BCUT2D eigenvalue weighted by Crippen LogP contribution is 2.27. The number of aryl methyl sites for hydroxylation is 4. The normalized spacial score (nSPS) is 11.1. The maximum absolute atomic E-state index is 12.4. The standard InChI is InChI=1S/C22H32N4OS.C17H21N3O2S.BrH/c1-7-18(8-2)24-22(27)20-13-28-21(25-20)12-17-10-16(5)19(11-15(17)4)23-14-26(6)9-3;1-5-20(4)10-18-14-7-11(2)13(6-12(14)3)8-16-19-15(9-23-16)17(21)22;/h10-11,13-14,18H,7-9,12H2,1-6H3,(H,24,27);6-7,9-10H,5,8H2,1-4H3,(H,21,22);1H. The fraction of sp³-hybridized carbons (Fsp3) is 0.436. The summed E-state index contributed by atoms with van der Waals surface area (Å²) < 4.78 is 0. The maximum atomic E-state index is 12.4. The van der Waals surface area contributed by atoms with Crippen molar-refractivity contribution in [2.45, 2.75) is 87.1 Å². The summed E-state index contributed by atoms with van der Waals surface area (Å²) in [5, 5.41) is 17.2. The molecule has 0 aliphatic heterocycles. The second-order valence-electron chi connectivity index (χ2n) is 12.7. The Labute approximate surface area is 327 Å². The summed E-state index contributed by atoms with van der Waals surface area (Å²) in [5.74, 6) is -1.06. The number of amides is 1. The van der Waals surface area contributed by atoms with Gasteiger partial charge < -0.3 is 20.2 Å². The molecule has 0 spiro atoms. The highest BCUT2D eigenvalue weighted by atomic mass is 79.9. The number of carboxylic acids is 1. The van der Waals surface area contributed by atoms with E-state index in [0.29, 0.717) is 12.1 Å². The van der Waals surface area contributed by atoms with Gasteiger partial charge in [0.25, 0.3) is 5.91 Å². The number of nitrogens with one attached hydrogen (secondary N) is 1. The average molecular weight is 813 g/mol. The van der Waals surface area contributed by atoms with Crippen LogP contribution < -0.4 is 5.32 Å². The molecule has 10 nitrogen and oxygen atoms in total. The minimum Gasteiger partial charge on any atom is -0.476 e. The van der Waals surface area contributed by atoms with E-state index in [1.807, 2.05) is 55.8 Å². The monoisotopic (exact) mass is 811 g/mol. The number of aromatic carboxylic acids is 1. The summed E-state index contributed by atoms with van der Waals surface area (Å²) in [6.07, 6.45) is 6.94. The first-order chi connectivity index (χ1) is 24.3. The first kappa shape index (κ1) is 44.2. The SMILES string of the molecule is Br.CCC(CC)NC(=O)c1csc(Cc2cc(C)c(N=CN(C)CC)cc2C)n1.CCN(C)C=Nc1cc(C)c(Cc2nc(C(=O)O)cs2)cc1C. The van der Waals surface area contributed by atoms with Gasteiger partial charge in [-0.1, -0.05) is 26.0 Å². The number of aliphatic imine (C=N–C) groups is 2. The molecule has 0 radical (unpaired) electrons. The number of carbonyl (C=O) groups is 2. The van der Waals surface area contributed by atoms with Crippen molar-refractivity contribution in [3.05, 3.63) is 89.8 Å². The third-order valence-corrected chi connectivity index (χ3v) is 10.4. The van der Waals surface area contributed by atoms with Gasteiger partial charge in [0, 0.05) is 56.8 Å². The van der Waals surface area contributed by atoms with E-state index in [-0.39, 0.29) is 34.6 Å². The van der Waals surface area contributed by atoms with Crippen LogP contribution in [0.5, 0.6) is 0 Å². The Balaban J connectivity index is 0.000000360. The fourth-order valence-corrected chi connectivity index (χ4v) is 6.52. The zero-order valence-corrected chi connectivity index (χ0v) is 35.5. The van der Waals surface area contributed by atoms with Crippen molar-refractivity contribution in [1.29, 1.82) is 0 Å². The van der Waals surface area contributed by atoms with Crippen molar-refractivity contribution in [3.63, 3.8) is 0 Å². The van der Waals surface area contributed by atoms with Crippen LogP contribution in [0, 0.1) is 27.7 Å². The molecule has 4 rings (SSSR count). The van der Waals surface area contributed by atoms with Gasteiger partial charge in [0.05, 0.1) is 34.1 Å². The van der Waals surface area contributed by atoms with Gasteiger partial charge in [-0.15, -0.1) is 39.7 Å². The van der Waals surface area contributed by atoms with E-state index in [1.54, 1.807) is 16.7 Å². The van der Waals surface area contributed by atoms with Crippen LogP contribution in [-0.4, -0.2) is 82.7 Å². The van der Waals surface area contributed by atoms with E-state index in [0.717, 1.165) is 76.0 Å². The number of halogens is 1. The van der Waals surface area contributed by atoms with Crippen LogP contribution in [0.1, 0.15) is 105 Å². The van der Waals surface area contributed by atoms with Gasteiger partial charge >= 0.3 is 5.97 Å². The van der Waals surface area contributed by atoms with Gasteiger partial charge in [-0.25, -0.2) is 24.7 Å². The van der Waals surface area contributed by atoms with Crippen molar-refractivity contribution in [1.82, 2.24) is 25.1 Å². The molecule has 52 heavy (non-hydrogen) atoms. The van der Waals surface area contributed by atoms with E-state index in [9.17, 15) is 9.59 Å². The summed E-state index contributed by atoms with van der Waals surface area (Å²) in [7, 11) is 4.00. The van der Waals surface area contributed by atoms with Gasteiger partial charge in [0.1, 0.15) is 5.69 Å². The van der Waals surface area contributed by atoms with Crippen LogP contribution in [0.3, 0.4) is 0 Å². The molecule has 0 fully saturated rings. The van der Waals surface area contributed by atoms with Gasteiger partial charge in [-0.05, 0) is 99.9 Å². The third kappa shape index (κ3) is 13.2. The van der Waals surface area contributed by atoms with E-state index >= 15 is 0 Å². The Morgan fingerprint density at radius 2 is 1.17 bits per heavy atom. The minimum absolute atomic E-state index is 0. The Morgan fingerprint density at radius 3 is 1.56 bits per heavy atom. The van der Waals surface area contributed by atoms with E-state index in [2.05, 4.69) is 91.1 Å². The van der Waals surface area contributed by atoms with Crippen LogP contribution in [0.15, 0.2) is 45.0 Å². The maximum Gasteiger partial charge on any atom is 0.355 e. The van der Waals surface area contributed by atoms with Gasteiger partial charge in [0.2, 0.25) is 0 Å². The van der Waals surface area contributed by atoms with E-state index in [4.69, 9.17) is 5.11 Å². The van der Waals surface area contributed by atoms with Crippen LogP contribution in [0.2, 0.25) is 0 Å². The third-order valence-electron chi connectivity index (χ3n) is 8.65. The number of aromatic nitrogens is 2. The second-order valence-corrected chi connectivity index (χ2v) is 14.5. The molecule has 0 bridgehead atoms. The Hall–Kier alpha value is -3.94. The number of hydrogen-bond donors (Lipinski definition) is 2. The summed E-state index contributed by atoms with van der Waals surface area (Å²) in [4.78, 5) is 45.2. The number of thiazole rings is 2. The second kappa shape index (κ2) is 21.6. The summed E-state index contributed by atoms with van der Waals surface area (Å²) in [6.45, 7) is 18.4. The first-order valence-electron chi connectivity index (χ1n) is 17.4. The van der Waals surface area contributed by atoms with Crippen molar-refractivity contribution >= 4 is 75.6 Å². The molecule has 0 aliphatic rings. The molecular weight excluding hydrogens is 759 g/mol. The quantitative estimate of drug-likeness (QED) is 0.0907. The van der Waals surface area contributed by atoms with Crippen molar-refractivity contribution < 1.29 is 14.7 Å². The molecule has 282 valence electrons. The molecule has 0 aliphatic carbocycles. The molecule has 13 heteroatoms. The molecule has 0 atom stereocenters. The summed E-state index contributed by atoms with van der Waals surface area (Å²) in [6, 6.07) is 8.69. The lowest BCUT2D eigenvalue weighted by molar-refractivity contribution is 0.0690. The molecule has 0 unspecified atom stereocenters. The molecule has 2 N–H and O–H groups in total. The highest BCUT2D eigenvalue weighted by molar-refractivity contribution is 8.93. The Morgan fingerprint density at radius 1 is 0.750 bits per heavy atom. The average Bonchev–Trinajstić information content (AvgIpc) is 3.79. The zero-order chi connectivity index (χ0) is 37.7. The van der Waals surface area contributed by atoms with Crippen molar-refractivity contribution in [2.75, 3.05) is 27.2 Å². The lowest BCUT2D eigenvalue weighted by atomic mass is 10.0. The number of hydrogen-bond acceptors (Lipinski definition) is 8.